The molecule has 1 heterocycles. The molecule has 0 aliphatic carbocycles. The summed E-state index contributed by atoms with van der Waals surface area (Å²) in [5, 5.41) is 0. The van der Waals surface area contributed by atoms with Gasteiger partial charge in [-0.25, -0.2) is 13.8 Å². The van der Waals surface area contributed by atoms with Crippen molar-refractivity contribution in [1.29, 1.82) is 0 Å². The summed E-state index contributed by atoms with van der Waals surface area (Å²) in [5.41, 5.74) is 6.16. The summed E-state index contributed by atoms with van der Waals surface area (Å²) in [6, 6.07) is 2.69. The molecular weight excluding hydrogens is 242 g/mol. The number of halogens is 3. The van der Waals surface area contributed by atoms with E-state index in [0.29, 0.717) is 10.2 Å². The Morgan fingerprint density at radius 2 is 2.23 bits per heavy atom. The molecule has 1 aromatic rings. The molecule has 0 saturated heterocycles. The van der Waals surface area contributed by atoms with Gasteiger partial charge in [-0.15, -0.1) is 0 Å². The normalized spacial score (nSPS) is 13.3. The van der Waals surface area contributed by atoms with Crippen LogP contribution in [-0.4, -0.2) is 11.4 Å². The minimum Gasteiger partial charge on any atom is -0.324 e. The Morgan fingerprint density at radius 1 is 1.54 bits per heavy atom. The van der Waals surface area contributed by atoms with Crippen LogP contribution < -0.4 is 5.73 Å². The summed E-state index contributed by atoms with van der Waals surface area (Å²) in [5.74, 6) is 0. The number of aromatic nitrogens is 1. The predicted molar refractivity (Wildman–Crippen MR) is 49.5 cm³/mol. The molecule has 0 unspecified atom stereocenters. The minimum atomic E-state index is -2.39. The third-order valence-electron chi connectivity index (χ3n) is 1.62. The number of hydrogen-bond donors (Lipinski definition) is 1. The van der Waals surface area contributed by atoms with Gasteiger partial charge in [0.1, 0.15) is 4.60 Å². The standard InChI is InChI=1S/C8H9BrF2N2/c9-8-5(2-1-3-13-8)6(12)4-7(10)11/h1-3,6-7H,4,12H2/t6-/m0/s1. The number of hydrogen-bond acceptors (Lipinski definition) is 2. The fourth-order valence-electron chi connectivity index (χ4n) is 0.994. The molecule has 1 rings (SSSR count). The van der Waals surface area contributed by atoms with Gasteiger partial charge in [-0.2, -0.15) is 0 Å². The highest BCUT2D eigenvalue weighted by atomic mass is 79.9. The zero-order chi connectivity index (χ0) is 9.84. The number of pyridine rings is 1. The first-order valence-corrected chi connectivity index (χ1v) is 4.54. The average molecular weight is 251 g/mol. The van der Waals surface area contributed by atoms with Gasteiger partial charge < -0.3 is 5.73 Å². The van der Waals surface area contributed by atoms with Crippen LogP contribution in [0.1, 0.15) is 18.0 Å². The maximum atomic E-state index is 12.0. The summed E-state index contributed by atoms with van der Waals surface area (Å²) < 4.78 is 24.5. The Labute approximate surface area is 83.3 Å². The van der Waals surface area contributed by atoms with E-state index >= 15 is 0 Å². The SMILES string of the molecule is N[C@@H](CC(F)F)c1cccnc1Br. The molecule has 0 amide bonds. The predicted octanol–water partition coefficient (Wildman–Crippen LogP) is 2.50. The number of nitrogens with two attached hydrogens (primary N) is 1. The molecule has 0 aromatic carbocycles. The second-order valence-corrected chi connectivity index (χ2v) is 3.37. The molecule has 2 nitrogen and oxygen atoms in total. The second kappa shape index (κ2) is 4.62. The van der Waals surface area contributed by atoms with Crippen LogP contribution in [0.4, 0.5) is 8.78 Å². The maximum Gasteiger partial charge on any atom is 0.240 e. The zero-order valence-electron chi connectivity index (χ0n) is 6.75. The van der Waals surface area contributed by atoms with Gasteiger partial charge in [-0.05, 0) is 22.0 Å². The van der Waals surface area contributed by atoms with Crippen molar-refractivity contribution < 1.29 is 8.78 Å². The monoisotopic (exact) mass is 250 g/mol. The van der Waals surface area contributed by atoms with Crippen LogP contribution in [0.25, 0.3) is 0 Å². The number of rotatable bonds is 3. The summed E-state index contributed by atoms with van der Waals surface area (Å²) in [4.78, 5) is 3.90. The molecule has 0 radical (unpaired) electrons. The molecule has 72 valence electrons. The summed E-state index contributed by atoms with van der Waals surface area (Å²) in [6.45, 7) is 0. The van der Waals surface area contributed by atoms with Gasteiger partial charge in [0.15, 0.2) is 0 Å². The minimum absolute atomic E-state index is 0.343. The molecule has 0 spiro atoms. The lowest BCUT2D eigenvalue weighted by molar-refractivity contribution is 0.128. The highest BCUT2D eigenvalue weighted by Crippen LogP contribution is 2.23. The van der Waals surface area contributed by atoms with E-state index in [1.165, 1.54) is 0 Å². The molecular formula is C8H9BrF2N2. The molecule has 0 saturated carbocycles. The van der Waals surface area contributed by atoms with Crippen molar-refractivity contribution in [3.05, 3.63) is 28.5 Å². The van der Waals surface area contributed by atoms with Crippen molar-refractivity contribution in [2.75, 3.05) is 0 Å². The van der Waals surface area contributed by atoms with Crippen molar-refractivity contribution in [1.82, 2.24) is 4.98 Å². The van der Waals surface area contributed by atoms with Crippen LogP contribution in [0.15, 0.2) is 22.9 Å². The lowest BCUT2D eigenvalue weighted by Gasteiger charge is -2.11. The molecule has 0 aliphatic heterocycles. The molecule has 1 aromatic heterocycles. The van der Waals surface area contributed by atoms with Gasteiger partial charge in [0, 0.05) is 24.2 Å². The summed E-state index contributed by atoms with van der Waals surface area (Å²) in [7, 11) is 0. The van der Waals surface area contributed by atoms with Crippen LogP contribution >= 0.6 is 15.9 Å². The second-order valence-electron chi connectivity index (χ2n) is 2.62. The molecule has 0 aliphatic rings. The molecule has 1 atom stereocenters. The number of nitrogens with zero attached hydrogens (tertiary/aromatic N) is 1. The third-order valence-corrected chi connectivity index (χ3v) is 2.28. The van der Waals surface area contributed by atoms with Crippen LogP contribution in [0.3, 0.4) is 0 Å². The Hall–Kier alpha value is -0.550. The first kappa shape index (κ1) is 10.5. The molecule has 13 heavy (non-hydrogen) atoms. The topological polar surface area (TPSA) is 38.9 Å². The van der Waals surface area contributed by atoms with Crippen LogP contribution in [-0.2, 0) is 0 Å². The van der Waals surface area contributed by atoms with Gasteiger partial charge in [0.25, 0.3) is 0 Å². The third kappa shape index (κ3) is 3.00. The highest BCUT2D eigenvalue weighted by molar-refractivity contribution is 9.10. The van der Waals surface area contributed by atoms with Gasteiger partial charge >= 0.3 is 0 Å². The maximum absolute atomic E-state index is 12.0. The van der Waals surface area contributed by atoms with E-state index in [1.54, 1.807) is 18.3 Å². The summed E-state index contributed by atoms with van der Waals surface area (Å²) >= 11 is 3.15. The fourth-order valence-corrected chi connectivity index (χ4v) is 1.54. The fraction of sp³-hybridized carbons (Fsp3) is 0.375. The Kier molecular flexibility index (Phi) is 3.74. The van der Waals surface area contributed by atoms with Crippen LogP contribution in [0, 0.1) is 0 Å². The Balaban J connectivity index is 2.76. The molecule has 5 heteroatoms. The smallest absolute Gasteiger partial charge is 0.240 e. The van der Waals surface area contributed by atoms with Crippen molar-refractivity contribution in [2.45, 2.75) is 18.9 Å². The van der Waals surface area contributed by atoms with Gasteiger partial charge in [-0.3, -0.25) is 0 Å². The van der Waals surface area contributed by atoms with Gasteiger partial charge in [0.2, 0.25) is 6.43 Å². The Bertz CT molecular complexity index is 281. The van der Waals surface area contributed by atoms with Gasteiger partial charge in [-0.1, -0.05) is 6.07 Å². The number of alkyl halides is 2. The Morgan fingerprint density at radius 3 is 2.77 bits per heavy atom. The van der Waals surface area contributed by atoms with E-state index in [0.717, 1.165) is 0 Å². The summed E-state index contributed by atoms with van der Waals surface area (Å²) in [6.07, 6.45) is -1.16. The van der Waals surface area contributed by atoms with E-state index in [1.807, 2.05) is 0 Å². The first-order valence-electron chi connectivity index (χ1n) is 3.75. The van der Waals surface area contributed by atoms with E-state index in [-0.39, 0.29) is 6.42 Å². The highest BCUT2D eigenvalue weighted by Gasteiger charge is 2.15. The van der Waals surface area contributed by atoms with Crippen molar-refractivity contribution in [3.63, 3.8) is 0 Å². The van der Waals surface area contributed by atoms with Crippen molar-refractivity contribution >= 4 is 15.9 Å². The molecule has 0 fully saturated rings. The lowest BCUT2D eigenvalue weighted by atomic mass is 10.1. The van der Waals surface area contributed by atoms with Crippen LogP contribution in [0.2, 0.25) is 0 Å². The van der Waals surface area contributed by atoms with Crippen molar-refractivity contribution in [2.24, 2.45) is 5.73 Å². The zero-order valence-corrected chi connectivity index (χ0v) is 8.34. The van der Waals surface area contributed by atoms with Gasteiger partial charge in [0.05, 0.1) is 0 Å². The largest absolute Gasteiger partial charge is 0.324 e. The molecule has 0 bridgehead atoms. The van der Waals surface area contributed by atoms with Crippen LogP contribution in [0.5, 0.6) is 0 Å². The van der Waals surface area contributed by atoms with E-state index in [2.05, 4.69) is 20.9 Å². The first-order chi connectivity index (χ1) is 6.11. The molecule has 2 N–H and O–H groups in total. The van der Waals surface area contributed by atoms with Crippen molar-refractivity contribution in [3.8, 4) is 0 Å². The van der Waals surface area contributed by atoms with E-state index in [4.69, 9.17) is 5.73 Å². The van der Waals surface area contributed by atoms with E-state index < -0.39 is 12.5 Å². The average Bonchev–Trinajstić information content (AvgIpc) is 2.03. The lowest BCUT2D eigenvalue weighted by Crippen LogP contribution is -2.14. The quantitative estimate of drug-likeness (QED) is 0.838. The van der Waals surface area contributed by atoms with E-state index in [9.17, 15) is 8.78 Å².